The Kier molecular flexibility index (Phi) is 76.3. The second kappa shape index (κ2) is 80.0. The van der Waals surface area contributed by atoms with E-state index in [-0.39, 0.29) is 25.2 Å². The number of ether oxygens (including phenoxy) is 2. The minimum atomic E-state index is -0.806. The van der Waals surface area contributed by atoms with E-state index in [1.54, 1.807) is 0 Å². The molecule has 0 aliphatic carbocycles. The minimum absolute atomic E-state index is 0.0888. The van der Waals surface area contributed by atoms with E-state index in [1.807, 2.05) is 0 Å². The Bertz CT molecular complexity index is 1870. The van der Waals surface area contributed by atoms with E-state index in [4.69, 9.17) is 9.47 Å². The normalized spacial score (nSPS) is 13.0. The van der Waals surface area contributed by atoms with E-state index in [0.717, 1.165) is 116 Å². The fourth-order valence-electron chi connectivity index (χ4n) is 11.1. The maximum Gasteiger partial charge on any atom is 0.306 e. The highest BCUT2D eigenvalue weighted by molar-refractivity contribution is 5.70. The first-order valence-electron chi connectivity index (χ1n) is 38.9. The molecule has 1 atom stereocenters. The number of hydrogen-bond acceptors (Lipinski definition) is 5. The Balaban J connectivity index is 3.54. The molecule has 1 N–H and O–H groups in total. The van der Waals surface area contributed by atoms with Crippen molar-refractivity contribution in [1.82, 2.24) is 0 Å². The van der Waals surface area contributed by atoms with Gasteiger partial charge in [0.2, 0.25) is 0 Å². The quantitative estimate of drug-likeness (QED) is 0.0373. The first-order valence-corrected chi connectivity index (χ1v) is 38.9. The van der Waals surface area contributed by atoms with Crippen LogP contribution < -0.4 is 0 Å². The molecule has 0 aliphatic heterocycles. The van der Waals surface area contributed by atoms with E-state index in [0.29, 0.717) is 12.8 Å². The molecule has 0 rings (SSSR count). The van der Waals surface area contributed by atoms with Gasteiger partial charge in [-0.2, -0.15) is 0 Å². The second-order valence-corrected chi connectivity index (χ2v) is 25.7. The molecular weight excluding hydrogens is 1110 g/mol. The van der Waals surface area contributed by atoms with Crippen LogP contribution >= 0.6 is 0 Å². The van der Waals surface area contributed by atoms with Gasteiger partial charge < -0.3 is 14.6 Å². The summed E-state index contributed by atoms with van der Waals surface area (Å²) in [5.41, 5.74) is 0. The van der Waals surface area contributed by atoms with E-state index >= 15 is 0 Å². The highest BCUT2D eigenvalue weighted by Gasteiger charge is 2.16. The van der Waals surface area contributed by atoms with Gasteiger partial charge in [-0.15, -0.1) is 0 Å². The third kappa shape index (κ3) is 78.1. The molecule has 0 bridgehead atoms. The zero-order valence-electron chi connectivity index (χ0n) is 59.8. The Morgan fingerprint density at radius 2 is 0.473 bits per heavy atom. The Morgan fingerprint density at radius 3 is 0.714 bits per heavy atom. The van der Waals surface area contributed by atoms with Crippen LogP contribution in [0.25, 0.3) is 0 Å². The topological polar surface area (TPSA) is 72.8 Å². The lowest BCUT2D eigenvalue weighted by molar-refractivity contribution is -0.161. The number of esters is 2. The van der Waals surface area contributed by atoms with Gasteiger partial charge >= 0.3 is 11.9 Å². The summed E-state index contributed by atoms with van der Waals surface area (Å²) in [4.78, 5) is 24.7. The standard InChI is InChI=1S/C86H146O5/c1-3-5-7-9-11-13-15-17-19-21-23-25-27-29-31-33-35-37-39-41-43-45-47-49-51-53-55-57-59-61-63-65-67-69-71-73-75-77-79-81-86(89)91-84(82-87)83-90-85(88)80-78-76-74-72-70-68-66-64-62-60-58-56-54-52-50-48-46-44-42-40-38-36-34-32-30-28-26-24-22-20-18-16-14-12-10-8-6-4-2/h5,7,11,13,17,19,23,25,29,31,35,37,41,43,47,49,53,55,59,61,65,67,71,73,84,87H,3-4,6,8-10,12,14-16,18,20-22,24,26-28,30,32-34,36,38-40,42,44-46,48,50-52,54,56-58,60,62-64,66,68-70,72,74-83H2,1-2H3/b7-5-,13-11-,19-17-,25-23-,31-29-,37-35-,43-41-,49-47-,55-53-,61-59-,67-65-,73-71-. The maximum atomic E-state index is 12.4. The first kappa shape index (κ1) is 86.8. The Hall–Kier alpha value is -4.22. The summed E-state index contributed by atoms with van der Waals surface area (Å²) in [5.74, 6) is -0.637. The molecule has 0 aromatic carbocycles. The fourth-order valence-corrected chi connectivity index (χ4v) is 11.1. The highest BCUT2D eigenvalue weighted by atomic mass is 16.6. The summed E-state index contributed by atoms with van der Waals surface area (Å²) in [7, 11) is 0. The summed E-state index contributed by atoms with van der Waals surface area (Å²) >= 11 is 0. The average Bonchev–Trinajstić information content (AvgIpc) is 3.67. The first-order chi connectivity index (χ1) is 45.1. The van der Waals surface area contributed by atoms with Crippen LogP contribution in [0.4, 0.5) is 0 Å². The van der Waals surface area contributed by atoms with Crippen molar-refractivity contribution in [2.45, 2.75) is 373 Å². The number of carbonyl (C=O) groups excluding carboxylic acids is 2. The van der Waals surface area contributed by atoms with Crippen LogP contribution in [0.3, 0.4) is 0 Å². The highest BCUT2D eigenvalue weighted by Crippen LogP contribution is 2.19. The van der Waals surface area contributed by atoms with Crippen molar-refractivity contribution in [1.29, 1.82) is 0 Å². The third-order valence-electron chi connectivity index (χ3n) is 16.9. The molecule has 91 heavy (non-hydrogen) atoms. The van der Waals surface area contributed by atoms with Crippen molar-refractivity contribution < 1.29 is 24.2 Å². The van der Waals surface area contributed by atoms with E-state index < -0.39 is 6.10 Å². The zero-order valence-corrected chi connectivity index (χ0v) is 59.8. The lowest BCUT2D eigenvalue weighted by atomic mass is 10.0. The van der Waals surface area contributed by atoms with Crippen LogP contribution in [0.2, 0.25) is 0 Å². The van der Waals surface area contributed by atoms with E-state index in [2.05, 4.69) is 160 Å². The number of allylic oxidation sites excluding steroid dienone is 24. The van der Waals surface area contributed by atoms with Crippen LogP contribution in [0, 0.1) is 0 Å². The van der Waals surface area contributed by atoms with Crippen LogP contribution in [-0.4, -0.2) is 36.4 Å². The molecule has 0 spiro atoms. The number of unbranched alkanes of at least 4 members (excludes halogenated alkanes) is 39. The van der Waals surface area contributed by atoms with Gasteiger partial charge in [-0.1, -0.05) is 397 Å². The molecule has 520 valence electrons. The Morgan fingerprint density at radius 1 is 0.264 bits per heavy atom. The minimum Gasteiger partial charge on any atom is -0.462 e. The van der Waals surface area contributed by atoms with Crippen molar-refractivity contribution >= 4 is 11.9 Å². The van der Waals surface area contributed by atoms with Gasteiger partial charge in [0.15, 0.2) is 6.10 Å². The molecule has 0 fully saturated rings. The summed E-state index contributed by atoms with van der Waals surface area (Å²) in [6.07, 6.45) is 121. The van der Waals surface area contributed by atoms with Gasteiger partial charge in [-0.05, 0) is 103 Å². The molecule has 0 aromatic rings. The van der Waals surface area contributed by atoms with Gasteiger partial charge in [0.1, 0.15) is 6.61 Å². The van der Waals surface area contributed by atoms with Crippen molar-refractivity contribution in [2.24, 2.45) is 0 Å². The lowest BCUT2D eigenvalue weighted by Gasteiger charge is -2.15. The number of hydrogen-bond donors (Lipinski definition) is 1. The predicted molar refractivity (Wildman–Crippen MR) is 403 cm³/mol. The van der Waals surface area contributed by atoms with E-state index in [1.165, 1.54) is 225 Å². The molecule has 1 unspecified atom stereocenters. The van der Waals surface area contributed by atoms with Gasteiger partial charge in [0.05, 0.1) is 6.61 Å². The van der Waals surface area contributed by atoms with Gasteiger partial charge in [0, 0.05) is 12.8 Å². The van der Waals surface area contributed by atoms with Gasteiger partial charge in [-0.3, -0.25) is 9.59 Å². The number of rotatable bonds is 71. The van der Waals surface area contributed by atoms with Crippen molar-refractivity contribution in [3.8, 4) is 0 Å². The Labute approximate surface area is 565 Å². The van der Waals surface area contributed by atoms with Gasteiger partial charge in [0.25, 0.3) is 0 Å². The largest absolute Gasteiger partial charge is 0.462 e. The average molecular weight is 1260 g/mol. The van der Waals surface area contributed by atoms with Gasteiger partial charge in [-0.25, -0.2) is 0 Å². The summed E-state index contributed by atoms with van der Waals surface area (Å²) < 4.78 is 10.7. The summed E-state index contributed by atoms with van der Waals surface area (Å²) in [6, 6.07) is 0. The fraction of sp³-hybridized carbons (Fsp3) is 0.698. The smallest absolute Gasteiger partial charge is 0.306 e. The monoisotopic (exact) mass is 1260 g/mol. The molecule has 5 heteroatoms. The molecule has 0 amide bonds. The molecule has 0 saturated heterocycles. The maximum absolute atomic E-state index is 12.4. The summed E-state index contributed by atoms with van der Waals surface area (Å²) in [6.45, 7) is 4.03. The van der Waals surface area contributed by atoms with E-state index in [9.17, 15) is 14.7 Å². The second-order valence-electron chi connectivity index (χ2n) is 25.7. The van der Waals surface area contributed by atoms with Crippen molar-refractivity contribution in [3.05, 3.63) is 146 Å². The molecule has 0 aliphatic rings. The molecule has 0 radical (unpaired) electrons. The molecular formula is C86H146O5. The molecule has 0 aromatic heterocycles. The lowest BCUT2D eigenvalue weighted by Crippen LogP contribution is -2.28. The molecule has 0 heterocycles. The molecule has 5 nitrogen and oxygen atoms in total. The van der Waals surface area contributed by atoms with Crippen molar-refractivity contribution in [3.63, 3.8) is 0 Å². The summed E-state index contributed by atoms with van der Waals surface area (Å²) in [5, 5.41) is 9.71. The van der Waals surface area contributed by atoms with Crippen LogP contribution in [0.5, 0.6) is 0 Å². The molecule has 0 saturated carbocycles. The van der Waals surface area contributed by atoms with Crippen LogP contribution in [0.1, 0.15) is 367 Å². The number of aliphatic hydroxyl groups is 1. The number of carbonyl (C=O) groups is 2. The third-order valence-corrected chi connectivity index (χ3v) is 16.9. The van der Waals surface area contributed by atoms with Crippen LogP contribution in [0.15, 0.2) is 146 Å². The number of aliphatic hydroxyl groups excluding tert-OH is 1. The predicted octanol–water partition coefficient (Wildman–Crippen LogP) is 27.6. The SMILES string of the molecule is CC/C=C\C/C=C\C/C=C\C/C=C\C/C=C\C/C=C\C/C=C\C/C=C\C/C=C\C/C=C\C/C=C\C/C=C\CCCCC(=O)OC(CO)COC(=O)CCCCCCCCCCCCCCCCCCCCCCCCCCCCCCCCCCCCCCCC. The van der Waals surface area contributed by atoms with Crippen LogP contribution in [-0.2, 0) is 19.1 Å². The zero-order chi connectivity index (χ0) is 65.4. The van der Waals surface area contributed by atoms with Crippen molar-refractivity contribution in [2.75, 3.05) is 13.2 Å².